The minimum absolute atomic E-state index is 0.0255. The topological polar surface area (TPSA) is 64.1 Å². The van der Waals surface area contributed by atoms with E-state index in [9.17, 15) is 0 Å². The van der Waals surface area contributed by atoms with Gasteiger partial charge in [-0.1, -0.05) is 12.1 Å². The summed E-state index contributed by atoms with van der Waals surface area (Å²) in [7, 11) is 3.44. The highest BCUT2D eigenvalue weighted by molar-refractivity contribution is 8.00. The van der Waals surface area contributed by atoms with E-state index in [4.69, 9.17) is 14.2 Å². The van der Waals surface area contributed by atoms with Crippen LogP contribution >= 0.6 is 11.8 Å². The Labute approximate surface area is 161 Å². The molecule has 1 aliphatic heterocycles. The molecule has 2 rings (SSSR count). The summed E-state index contributed by atoms with van der Waals surface area (Å²) >= 11 is 1.91. The van der Waals surface area contributed by atoms with Gasteiger partial charge in [-0.15, -0.1) is 0 Å². The summed E-state index contributed by atoms with van der Waals surface area (Å²) in [4.78, 5) is 4.32. The zero-order chi connectivity index (χ0) is 18.8. The maximum Gasteiger partial charge on any atom is 0.191 e. The summed E-state index contributed by atoms with van der Waals surface area (Å²) < 4.78 is 17.0. The van der Waals surface area contributed by atoms with Crippen molar-refractivity contribution in [1.29, 1.82) is 0 Å². The molecular weight excluding hydrogens is 350 g/mol. The van der Waals surface area contributed by atoms with E-state index in [0.717, 1.165) is 50.1 Å². The van der Waals surface area contributed by atoms with Gasteiger partial charge in [-0.3, -0.25) is 4.99 Å². The Morgan fingerprint density at radius 2 is 1.96 bits per heavy atom. The fraction of sp³-hybridized carbons (Fsp3) is 0.632. The minimum atomic E-state index is -0.0255. The molecule has 1 aromatic rings. The Morgan fingerprint density at radius 1 is 1.27 bits per heavy atom. The van der Waals surface area contributed by atoms with E-state index in [1.54, 1.807) is 14.2 Å². The molecule has 26 heavy (non-hydrogen) atoms. The number of benzene rings is 1. The van der Waals surface area contributed by atoms with Crippen LogP contribution in [0.5, 0.6) is 11.5 Å². The maximum absolute atomic E-state index is 5.98. The normalized spacial score (nSPS) is 18.1. The lowest BCUT2D eigenvalue weighted by molar-refractivity contribution is 0.0782. The van der Waals surface area contributed by atoms with Crippen molar-refractivity contribution in [3.05, 3.63) is 24.3 Å². The Balaban J connectivity index is 1.80. The van der Waals surface area contributed by atoms with Gasteiger partial charge in [0.15, 0.2) is 17.5 Å². The third-order valence-electron chi connectivity index (χ3n) is 4.59. The number of nitrogens with zero attached hydrogens (tertiary/aromatic N) is 1. The molecule has 1 atom stereocenters. The molecule has 2 N–H and O–H groups in total. The van der Waals surface area contributed by atoms with Gasteiger partial charge in [0.1, 0.15) is 6.10 Å². The molecule has 6 nitrogen and oxygen atoms in total. The van der Waals surface area contributed by atoms with Crippen molar-refractivity contribution < 1.29 is 14.2 Å². The van der Waals surface area contributed by atoms with E-state index in [-0.39, 0.29) is 10.9 Å². The zero-order valence-electron chi connectivity index (χ0n) is 16.2. The molecule has 1 fully saturated rings. The van der Waals surface area contributed by atoms with Crippen LogP contribution in [0.4, 0.5) is 0 Å². The summed E-state index contributed by atoms with van der Waals surface area (Å²) in [5.41, 5.74) is 0. The molecule has 0 saturated carbocycles. The Morgan fingerprint density at radius 3 is 2.58 bits per heavy atom. The molecule has 0 bridgehead atoms. The largest absolute Gasteiger partial charge is 0.493 e. The van der Waals surface area contributed by atoms with Gasteiger partial charge < -0.3 is 24.8 Å². The van der Waals surface area contributed by atoms with Crippen LogP contribution in [0, 0.1) is 0 Å². The van der Waals surface area contributed by atoms with E-state index in [1.807, 2.05) is 43.0 Å². The maximum atomic E-state index is 5.98. The van der Waals surface area contributed by atoms with E-state index < -0.39 is 0 Å². The number of aliphatic imine (C=N–C) groups is 1. The van der Waals surface area contributed by atoms with Crippen molar-refractivity contribution in [2.24, 2.45) is 4.99 Å². The number of para-hydroxylation sites is 2. The molecule has 1 heterocycles. The third kappa shape index (κ3) is 5.99. The molecule has 0 aromatic heterocycles. The smallest absolute Gasteiger partial charge is 0.191 e. The van der Waals surface area contributed by atoms with E-state index in [1.165, 1.54) is 0 Å². The van der Waals surface area contributed by atoms with Gasteiger partial charge >= 0.3 is 0 Å². The number of thioether (sulfide) groups is 1. The van der Waals surface area contributed by atoms with Crippen LogP contribution in [-0.4, -0.2) is 63.5 Å². The summed E-state index contributed by atoms with van der Waals surface area (Å²) in [6.07, 6.45) is 4.27. The molecule has 0 radical (unpaired) electrons. The number of hydrogen-bond acceptors (Lipinski definition) is 5. The summed E-state index contributed by atoms with van der Waals surface area (Å²) in [5.74, 6) is 2.28. The first-order valence-electron chi connectivity index (χ1n) is 8.99. The molecule has 0 spiro atoms. The average Bonchev–Trinajstić information content (AvgIpc) is 2.69. The van der Waals surface area contributed by atoms with Crippen molar-refractivity contribution in [2.75, 3.05) is 46.7 Å². The molecule has 1 aromatic carbocycles. The van der Waals surface area contributed by atoms with Crippen LogP contribution in [0.25, 0.3) is 0 Å². The number of methoxy groups -OCH3 is 1. The number of rotatable bonds is 8. The van der Waals surface area contributed by atoms with E-state index >= 15 is 0 Å². The predicted molar refractivity (Wildman–Crippen MR) is 109 cm³/mol. The van der Waals surface area contributed by atoms with Gasteiger partial charge in [-0.2, -0.15) is 11.8 Å². The molecule has 1 saturated heterocycles. The second kappa shape index (κ2) is 10.5. The first-order valence-corrected chi connectivity index (χ1v) is 10.2. The standard InChI is InChI=1S/C19H31N3O3S/c1-15(25-17-8-6-5-7-16(17)23-3)13-21-18(20-2)22-14-19(26-4)9-11-24-12-10-19/h5-8,15H,9-14H2,1-4H3,(H2,20,21,22). The Kier molecular flexibility index (Phi) is 8.38. The van der Waals surface area contributed by atoms with Gasteiger partial charge in [0.25, 0.3) is 0 Å². The van der Waals surface area contributed by atoms with E-state index in [0.29, 0.717) is 6.54 Å². The first-order chi connectivity index (χ1) is 12.6. The second-order valence-electron chi connectivity index (χ2n) is 6.39. The van der Waals surface area contributed by atoms with Crippen LogP contribution in [0.15, 0.2) is 29.3 Å². The van der Waals surface area contributed by atoms with Crippen molar-refractivity contribution in [2.45, 2.75) is 30.6 Å². The second-order valence-corrected chi connectivity index (χ2v) is 7.66. The zero-order valence-corrected chi connectivity index (χ0v) is 17.0. The van der Waals surface area contributed by atoms with Gasteiger partial charge in [0, 0.05) is 31.6 Å². The van der Waals surface area contributed by atoms with Crippen LogP contribution in [0.3, 0.4) is 0 Å². The summed E-state index contributed by atoms with van der Waals surface area (Å²) in [6, 6.07) is 7.67. The van der Waals surface area contributed by atoms with Crippen LogP contribution < -0.4 is 20.1 Å². The van der Waals surface area contributed by atoms with E-state index in [2.05, 4.69) is 21.9 Å². The molecule has 0 amide bonds. The van der Waals surface area contributed by atoms with Crippen molar-refractivity contribution >= 4 is 17.7 Å². The van der Waals surface area contributed by atoms with Crippen LogP contribution in [0.2, 0.25) is 0 Å². The van der Waals surface area contributed by atoms with Gasteiger partial charge in [0.2, 0.25) is 0 Å². The summed E-state index contributed by atoms with van der Waals surface area (Å²) in [6.45, 7) is 5.21. The molecule has 1 aliphatic rings. The van der Waals surface area contributed by atoms with Gasteiger partial charge in [0.05, 0.1) is 13.7 Å². The Hall–Kier alpha value is -1.60. The fourth-order valence-electron chi connectivity index (χ4n) is 2.88. The highest BCUT2D eigenvalue weighted by Crippen LogP contribution is 2.33. The van der Waals surface area contributed by atoms with Crippen LogP contribution in [-0.2, 0) is 4.74 Å². The quantitative estimate of drug-likeness (QED) is 0.533. The highest BCUT2D eigenvalue weighted by atomic mass is 32.2. The lowest BCUT2D eigenvalue weighted by Gasteiger charge is -2.36. The van der Waals surface area contributed by atoms with Crippen molar-refractivity contribution in [3.63, 3.8) is 0 Å². The number of hydrogen-bond donors (Lipinski definition) is 2. The predicted octanol–water partition coefficient (Wildman–Crippen LogP) is 2.54. The monoisotopic (exact) mass is 381 g/mol. The number of ether oxygens (including phenoxy) is 3. The van der Waals surface area contributed by atoms with Crippen molar-refractivity contribution in [3.8, 4) is 11.5 Å². The highest BCUT2D eigenvalue weighted by Gasteiger charge is 2.31. The minimum Gasteiger partial charge on any atom is -0.493 e. The summed E-state index contributed by atoms with van der Waals surface area (Å²) in [5, 5.41) is 6.80. The molecular formula is C19H31N3O3S. The molecule has 1 unspecified atom stereocenters. The number of nitrogens with one attached hydrogen (secondary N) is 2. The first kappa shape index (κ1) is 20.7. The number of guanidine groups is 1. The average molecular weight is 382 g/mol. The fourth-order valence-corrected chi connectivity index (χ4v) is 3.67. The molecule has 0 aliphatic carbocycles. The SMILES string of the molecule is CN=C(NCC(C)Oc1ccccc1OC)NCC1(SC)CCOCC1. The third-order valence-corrected chi connectivity index (χ3v) is 6.01. The Bertz CT molecular complexity index is 577. The van der Waals surface area contributed by atoms with Gasteiger partial charge in [-0.25, -0.2) is 0 Å². The lowest BCUT2D eigenvalue weighted by Crippen LogP contribution is -2.49. The molecule has 146 valence electrons. The lowest BCUT2D eigenvalue weighted by atomic mass is 9.99. The molecule has 7 heteroatoms. The van der Waals surface area contributed by atoms with Gasteiger partial charge in [-0.05, 0) is 38.2 Å². The van der Waals surface area contributed by atoms with Crippen molar-refractivity contribution in [1.82, 2.24) is 10.6 Å². The van der Waals surface area contributed by atoms with Crippen LogP contribution in [0.1, 0.15) is 19.8 Å².